The number of nitrogens with zero attached hydrogens (tertiary/aromatic N) is 1. The summed E-state index contributed by atoms with van der Waals surface area (Å²) in [6.07, 6.45) is 2.46. The molecule has 0 aliphatic carbocycles. The molecular formula is C17H20N4O3S2. The Morgan fingerprint density at radius 2 is 2.08 bits per heavy atom. The molecule has 1 unspecified atom stereocenters. The highest BCUT2D eigenvalue weighted by molar-refractivity contribution is 7.91. The smallest absolute Gasteiger partial charge is 0.252 e. The minimum absolute atomic E-state index is 0.118. The molecule has 3 aromatic rings. The van der Waals surface area contributed by atoms with Crippen LogP contribution in [-0.2, 0) is 21.2 Å². The van der Waals surface area contributed by atoms with E-state index in [2.05, 4.69) is 20.0 Å². The SMILES string of the molecule is CC(=O)Nc1nc(C)c(S(=O)(=O)NC(C)Cc2c[nH]c3ccccc23)s1. The Hall–Kier alpha value is -2.23. The molecule has 7 nitrogen and oxygen atoms in total. The maximum absolute atomic E-state index is 12.7. The number of aromatic nitrogens is 2. The Morgan fingerprint density at radius 1 is 1.35 bits per heavy atom. The number of H-pyrrole nitrogens is 1. The molecule has 26 heavy (non-hydrogen) atoms. The van der Waals surface area contributed by atoms with Crippen LogP contribution in [0.25, 0.3) is 10.9 Å². The maximum atomic E-state index is 12.7. The second-order valence-corrected chi connectivity index (χ2v) is 9.07. The second kappa shape index (κ2) is 7.18. The lowest BCUT2D eigenvalue weighted by Gasteiger charge is -2.13. The van der Waals surface area contributed by atoms with Crippen LogP contribution in [0.4, 0.5) is 5.13 Å². The third kappa shape index (κ3) is 3.95. The van der Waals surface area contributed by atoms with Crippen molar-refractivity contribution in [3.63, 3.8) is 0 Å². The molecule has 0 aliphatic heterocycles. The van der Waals surface area contributed by atoms with Gasteiger partial charge in [-0.1, -0.05) is 29.5 Å². The van der Waals surface area contributed by atoms with Crippen molar-refractivity contribution in [2.75, 3.05) is 5.32 Å². The summed E-state index contributed by atoms with van der Waals surface area (Å²) in [7, 11) is -3.72. The molecule has 1 atom stereocenters. The van der Waals surface area contributed by atoms with Crippen LogP contribution in [0.15, 0.2) is 34.7 Å². The van der Waals surface area contributed by atoms with Crippen LogP contribution < -0.4 is 10.0 Å². The predicted molar refractivity (Wildman–Crippen MR) is 103 cm³/mol. The van der Waals surface area contributed by atoms with Gasteiger partial charge >= 0.3 is 0 Å². The van der Waals surface area contributed by atoms with Gasteiger partial charge in [0.25, 0.3) is 10.0 Å². The highest BCUT2D eigenvalue weighted by Crippen LogP contribution is 2.27. The Labute approximate surface area is 155 Å². The number of amides is 1. The lowest BCUT2D eigenvalue weighted by Crippen LogP contribution is -2.34. The fourth-order valence-corrected chi connectivity index (χ4v) is 5.55. The Balaban J connectivity index is 1.76. The zero-order valence-corrected chi connectivity index (χ0v) is 16.3. The number of rotatable bonds is 6. The number of hydrogen-bond donors (Lipinski definition) is 3. The number of para-hydroxylation sites is 1. The zero-order chi connectivity index (χ0) is 18.9. The first kappa shape index (κ1) is 18.6. The first-order valence-electron chi connectivity index (χ1n) is 8.08. The van der Waals surface area contributed by atoms with Crippen molar-refractivity contribution in [3.8, 4) is 0 Å². The minimum Gasteiger partial charge on any atom is -0.361 e. The number of carbonyl (C=O) groups excluding carboxylic acids is 1. The Morgan fingerprint density at radius 3 is 2.81 bits per heavy atom. The highest BCUT2D eigenvalue weighted by Gasteiger charge is 2.24. The summed E-state index contributed by atoms with van der Waals surface area (Å²) in [5, 5.41) is 3.88. The molecular weight excluding hydrogens is 372 g/mol. The van der Waals surface area contributed by atoms with Crippen LogP contribution in [0.3, 0.4) is 0 Å². The van der Waals surface area contributed by atoms with E-state index >= 15 is 0 Å². The van der Waals surface area contributed by atoms with Crippen molar-refractivity contribution in [2.45, 2.75) is 37.4 Å². The van der Waals surface area contributed by atoms with Gasteiger partial charge in [-0.3, -0.25) is 4.79 Å². The lowest BCUT2D eigenvalue weighted by atomic mass is 10.1. The van der Waals surface area contributed by atoms with Gasteiger partial charge in [-0.05, 0) is 31.9 Å². The van der Waals surface area contributed by atoms with Gasteiger partial charge in [-0.2, -0.15) is 0 Å². The number of thiazole rings is 1. The third-order valence-electron chi connectivity index (χ3n) is 3.84. The van der Waals surface area contributed by atoms with Crippen LogP contribution in [0.2, 0.25) is 0 Å². The molecule has 2 heterocycles. The quantitative estimate of drug-likeness (QED) is 0.600. The summed E-state index contributed by atoms with van der Waals surface area (Å²) in [6.45, 7) is 4.79. The molecule has 1 aromatic carbocycles. The van der Waals surface area contributed by atoms with Crippen molar-refractivity contribution < 1.29 is 13.2 Å². The van der Waals surface area contributed by atoms with Crippen molar-refractivity contribution in [2.24, 2.45) is 0 Å². The second-order valence-electron chi connectivity index (χ2n) is 6.16. The number of aromatic amines is 1. The average Bonchev–Trinajstić information content (AvgIpc) is 3.10. The summed E-state index contributed by atoms with van der Waals surface area (Å²) in [6, 6.07) is 7.60. The van der Waals surface area contributed by atoms with E-state index in [0.29, 0.717) is 12.1 Å². The number of hydrogen-bond acceptors (Lipinski definition) is 5. The van der Waals surface area contributed by atoms with Crippen LogP contribution in [-0.4, -0.2) is 30.3 Å². The summed E-state index contributed by atoms with van der Waals surface area (Å²) in [5.74, 6) is -0.289. The summed E-state index contributed by atoms with van der Waals surface area (Å²) < 4.78 is 28.2. The van der Waals surface area contributed by atoms with E-state index in [1.165, 1.54) is 6.92 Å². The summed E-state index contributed by atoms with van der Waals surface area (Å²) in [5.41, 5.74) is 2.44. The van der Waals surface area contributed by atoms with Gasteiger partial charge in [-0.25, -0.2) is 18.1 Å². The van der Waals surface area contributed by atoms with E-state index in [1.807, 2.05) is 37.4 Å². The molecule has 0 fully saturated rings. The number of nitrogens with one attached hydrogen (secondary N) is 3. The standard InChI is InChI=1S/C17H20N4O3S2/c1-10(8-13-9-18-15-7-5-4-6-14(13)15)21-26(23,24)16-11(2)19-17(25-16)20-12(3)22/h4-7,9-10,18,21H,8H2,1-3H3,(H,19,20,22). The molecule has 0 aliphatic rings. The number of aryl methyl sites for hydroxylation is 1. The van der Waals surface area contributed by atoms with E-state index in [-0.39, 0.29) is 21.3 Å². The predicted octanol–water partition coefficient (Wildman–Crippen LogP) is 2.80. The van der Waals surface area contributed by atoms with Gasteiger partial charge in [0.05, 0.1) is 5.69 Å². The number of fused-ring (bicyclic) bond motifs is 1. The zero-order valence-electron chi connectivity index (χ0n) is 14.7. The maximum Gasteiger partial charge on any atom is 0.252 e. The highest BCUT2D eigenvalue weighted by atomic mass is 32.2. The first-order chi connectivity index (χ1) is 12.3. The first-order valence-corrected chi connectivity index (χ1v) is 10.4. The van der Waals surface area contributed by atoms with Crippen molar-refractivity contribution >= 4 is 43.3 Å². The van der Waals surface area contributed by atoms with Crippen molar-refractivity contribution in [1.82, 2.24) is 14.7 Å². The Kier molecular flexibility index (Phi) is 5.12. The summed E-state index contributed by atoms with van der Waals surface area (Å²) >= 11 is 0.948. The van der Waals surface area contributed by atoms with Gasteiger partial charge in [0.2, 0.25) is 5.91 Å². The van der Waals surface area contributed by atoms with E-state index in [0.717, 1.165) is 27.8 Å². The van der Waals surface area contributed by atoms with E-state index in [1.54, 1.807) is 6.92 Å². The topological polar surface area (TPSA) is 104 Å². The number of benzene rings is 1. The number of anilines is 1. The number of carbonyl (C=O) groups is 1. The normalized spacial score (nSPS) is 13.0. The molecule has 0 saturated carbocycles. The van der Waals surface area contributed by atoms with Gasteiger partial charge < -0.3 is 10.3 Å². The minimum atomic E-state index is -3.72. The van der Waals surface area contributed by atoms with Gasteiger partial charge in [0.1, 0.15) is 0 Å². The fraction of sp³-hybridized carbons (Fsp3) is 0.294. The van der Waals surface area contributed by atoms with Gasteiger partial charge in [0, 0.05) is 30.1 Å². The van der Waals surface area contributed by atoms with Gasteiger partial charge in [-0.15, -0.1) is 0 Å². The number of sulfonamides is 1. The van der Waals surface area contributed by atoms with Crippen molar-refractivity contribution in [1.29, 1.82) is 0 Å². The van der Waals surface area contributed by atoms with Gasteiger partial charge in [0.15, 0.2) is 9.34 Å². The van der Waals surface area contributed by atoms with Crippen molar-refractivity contribution in [3.05, 3.63) is 41.7 Å². The van der Waals surface area contributed by atoms with E-state index < -0.39 is 10.0 Å². The van der Waals surface area contributed by atoms with Crippen LogP contribution in [0.5, 0.6) is 0 Å². The van der Waals surface area contributed by atoms with E-state index in [4.69, 9.17) is 0 Å². The molecule has 1 amide bonds. The molecule has 3 N–H and O–H groups in total. The molecule has 138 valence electrons. The fourth-order valence-electron chi connectivity index (χ4n) is 2.83. The molecule has 0 bridgehead atoms. The van der Waals surface area contributed by atoms with Crippen LogP contribution in [0.1, 0.15) is 25.1 Å². The molecule has 0 saturated heterocycles. The Bertz CT molecular complexity index is 1050. The van der Waals surface area contributed by atoms with Crippen LogP contribution in [0, 0.1) is 6.92 Å². The largest absolute Gasteiger partial charge is 0.361 e. The molecule has 0 spiro atoms. The molecule has 3 rings (SSSR count). The average molecular weight is 393 g/mol. The monoisotopic (exact) mass is 392 g/mol. The van der Waals surface area contributed by atoms with Crippen LogP contribution >= 0.6 is 11.3 Å². The molecule has 0 radical (unpaired) electrons. The van der Waals surface area contributed by atoms with E-state index in [9.17, 15) is 13.2 Å². The summed E-state index contributed by atoms with van der Waals surface area (Å²) in [4.78, 5) is 18.4. The third-order valence-corrected chi connectivity index (χ3v) is 7.11. The molecule has 9 heteroatoms. The lowest BCUT2D eigenvalue weighted by molar-refractivity contribution is -0.114. The molecule has 2 aromatic heterocycles.